The summed E-state index contributed by atoms with van der Waals surface area (Å²) in [5, 5.41) is 4.24. The summed E-state index contributed by atoms with van der Waals surface area (Å²) in [5.74, 6) is 1.46. The van der Waals surface area contributed by atoms with Crippen molar-refractivity contribution in [2.24, 2.45) is 0 Å². The van der Waals surface area contributed by atoms with E-state index in [0.29, 0.717) is 11.8 Å². The van der Waals surface area contributed by atoms with Gasteiger partial charge in [-0.05, 0) is 22.6 Å². The van der Waals surface area contributed by atoms with Crippen LogP contribution in [0.1, 0.15) is 31.3 Å². The first-order valence-corrected chi connectivity index (χ1v) is 6.85. The van der Waals surface area contributed by atoms with Gasteiger partial charge in [0.25, 0.3) is 0 Å². The van der Waals surface area contributed by atoms with Crippen molar-refractivity contribution in [1.29, 1.82) is 0 Å². The molecule has 0 aromatic carbocycles. The molecule has 2 heterocycles. The Morgan fingerprint density at radius 3 is 2.71 bits per heavy atom. The molecule has 0 aliphatic heterocycles. The van der Waals surface area contributed by atoms with Crippen LogP contribution >= 0.6 is 34.2 Å². The van der Waals surface area contributed by atoms with Gasteiger partial charge in [-0.3, -0.25) is 0 Å². The van der Waals surface area contributed by atoms with E-state index in [1.165, 1.54) is 0 Å². The molecule has 0 atom stereocenters. The highest BCUT2D eigenvalue weighted by Gasteiger charge is 2.11. The highest BCUT2D eigenvalue weighted by atomic mass is 127. The minimum Gasteiger partial charge on any atom is -0.239 e. The van der Waals surface area contributed by atoms with Gasteiger partial charge >= 0.3 is 0 Å². The maximum Gasteiger partial charge on any atom is 0.131 e. The van der Waals surface area contributed by atoms with Crippen LogP contribution < -0.4 is 0 Å². The second kappa shape index (κ2) is 5.30. The Morgan fingerprint density at radius 2 is 2.18 bits per heavy atom. The van der Waals surface area contributed by atoms with Gasteiger partial charge in [0, 0.05) is 12.1 Å². The topological polar surface area (TPSA) is 43.6 Å². The first-order valence-electron chi connectivity index (χ1n) is 5.24. The molecular formula is C11H12ClIN4. The molecule has 0 spiro atoms. The summed E-state index contributed by atoms with van der Waals surface area (Å²) in [4.78, 5) is 8.81. The highest BCUT2D eigenvalue weighted by molar-refractivity contribution is 14.1. The molecule has 0 unspecified atom stereocenters. The SMILES string of the molecule is CC(C)c1ncc(-n2cc(I)cn2)c(CCl)n1. The Bertz CT molecular complexity index is 524. The van der Waals surface area contributed by atoms with E-state index < -0.39 is 0 Å². The molecule has 2 aromatic heterocycles. The molecule has 0 saturated carbocycles. The number of hydrogen-bond acceptors (Lipinski definition) is 3. The maximum atomic E-state index is 5.93. The molecule has 6 heteroatoms. The Kier molecular flexibility index (Phi) is 3.98. The fraction of sp³-hybridized carbons (Fsp3) is 0.364. The summed E-state index contributed by atoms with van der Waals surface area (Å²) in [7, 11) is 0. The van der Waals surface area contributed by atoms with E-state index in [9.17, 15) is 0 Å². The van der Waals surface area contributed by atoms with Crippen molar-refractivity contribution >= 4 is 34.2 Å². The number of hydrogen-bond donors (Lipinski definition) is 0. The molecule has 17 heavy (non-hydrogen) atoms. The zero-order valence-electron chi connectivity index (χ0n) is 9.56. The first-order chi connectivity index (χ1) is 8.11. The lowest BCUT2D eigenvalue weighted by Crippen LogP contribution is -2.07. The highest BCUT2D eigenvalue weighted by Crippen LogP contribution is 2.17. The molecule has 0 radical (unpaired) electrons. The molecule has 90 valence electrons. The minimum atomic E-state index is 0.295. The monoisotopic (exact) mass is 362 g/mol. The lowest BCUT2D eigenvalue weighted by molar-refractivity contribution is 0.748. The van der Waals surface area contributed by atoms with Gasteiger partial charge in [0.05, 0.1) is 27.5 Å². The smallest absolute Gasteiger partial charge is 0.131 e. The summed E-state index contributed by atoms with van der Waals surface area (Å²) < 4.78 is 2.82. The van der Waals surface area contributed by atoms with Crippen molar-refractivity contribution in [1.82, 2.24) is 19.7 Å². The van der Waals surface area contributed by atoms with Crippen molar-refractivity contribution in [3.05, 3.63) is 33.7 Å². The van der Waals surface area contributed by atoms with Crippen LogP contribution in [-0.2, 0) is 5.88 Å². The molecule has 0 aliphatic rings. The van der Waals surface area contributed by atoms with Crippen molar-refractivity contribution in [3.8, 4) is 5.69 Å². The fourth-order valence-electron chi connectivity index (χ4n) is 1.43. The van der Waals surface area contributed by atoms with Gasteiger partial charge in [0.2, 0.25) is 0 Å². The average molecular weight is 363 g/mol. The van der Waals surface area contributed by atoms with Crippen LogP contribution in [0.25, 0.3) is 5.69 Å². The number of alkyl halides is 1. The van der Waals surface area contributed by atoms with Gasteiger partial charge in [0.1, 0.15) is 11.5 Å². The average Bonchev–Trinajstić information content (AvgIpc) is 2.74. The first kappa shape index (κ1) is 12.8. The molecular weight excluding hydrogens is 351 g/mol. The van der Waals surface area contributed by atoms with Crippen LogP contribution in [0, 0.1) is 3.57 Å². The second-order valence-corrected chi connectivity index (χ2v) is 5.46. The fourth-order valence-corrected chi connectivity index (χ4v) is 2.01. The lowest BCUT2D eigenvalue weighted by atomic mass is 10.2. The van der Waals surface area contributed by atoms with E-state index in [1.54, 1.807) is 17.1 Å². The Balaban J connectivity index is 2.48. The van der Waals surface area contributed by atoms with Crippen LogP contribution in [0.15, 0.2) is 18.6 Å². The van der Waals surface area contributed by atoms with E-state index in [0.717, 1.165) is 20.8 Å². The number of aromatic nitrogens is 4. The normalized spacial score (nSPS) is 11.1. The maximum absolute atomic E-state index is 5.93. The molecule has 2 aromatic rings. The largest absolute Gasteiger partial charge is 0.239 e. The number of halogens is 2. The quantitative estimate of drug-likeness (QED) is 0.622. The molecule has 0 fully saturated rings. The van der Waals surface area contributed by atoms with Crippen LogP contribution in [0.5, 0.6) is 0 Å². The van der Waals surface area contributed by atoms with E-state index in [2.05, 4.69) is 51.5 Å². The standard InChI is InChI=1S/C11H12ClIN4/c1-7(2)11-14-5-10(9(3-12)16-11)17-6-8(13)4-15-17/h4-7H,3H2,1-2H3. The molecule has 2 rings (SSSR count). The van der Waals surface area contributed by atoms with Gasteiger partial charge in [-0.25, -0.2) is 14.6 Å². The zero-order chi connectivity index (χ0) is 12.4. The Morgan fingerprint density at radius 1 is 1.41 bits per heavy atom. The molecule has 0 saturated heterocycles. The summed E-state index contributed by atoms with van der Waals surface area (Å²) in [5.41, 5.74) is 1.65. The Labute approximate surface area is 119 Å². The third-order valence-corrected chi connectivity index (χ3v) is 3.12. The minimum absolute atomic E-state index is 0.295. The van der Waals surface area contributed by atoms with Gasteiger partial charge in [-0.1, -0.05) is 13.8 Å². The predicted molar refractivity (Wildman–Crippen MR) is 75.5 cm³/mol. The Hall–Kier alpha value is -0.690. The lowest BCUT2D eigenvalue weighted by Gasteiger charge is -2.09. The van der Waals surface area contributed by atoms with Crippen molar-refractivity contribution < 1.29 is 0 Å². The van der Waals surface area contributed by atoms with Gasteiger partial charge < -0.3 is 0 Å². The van der Waals surface area contributed by atoms with Gasteiger partial charge in [0.15, 0.2) is 0 Å². The third kappa shape index (κ3) is 2.77. The molecule has 0 N–H and O–H groups in total. The zero-order valence-corrected chi connectivity index (χ0v) is 12.5. The van der Waals surface area contributed by atoms with Crippen LogP contribution in [-0.4, -0.2) is 19.7 Å². The van der Waals surface area contributed by atoms with Crippen molar-refractivity contribution in [3.63, 3.8) is 0 Å². The molecule has 0 bridgehead atoms. The summed E-state index contributed by atoms with van der Waals surface area (Å²) in [6, 6.07) is 0. The molecule has 4 nitrogen and oxygen atoms in total. The van der Waals surface area contributed by atoms with Crippen molar-refractivity contribution in [2.75, 3.05) is 0 Å². The number of rotatable bonds is 3. The van der Waals surface area contributed by atoms with Gasteiger partial charge in [-0.15, -0.1) is 11.6 Å². The predicted octanol–water partition coefficient (Wildman–Crippen LogP) is 3.13. The van der Waals surface area contributed by atoms with Crippen molar-refractivity contribution in [2.45, 2.75) is 25.6 Å². The van der Waals surface area contributed by atoms with E-state index in [4.69, 9.17) is 11.6 Å². The summed E-state index contributed by atoms with van der Waals surface area (Å²) in [6.07, 6.45) is 5.49. The van der Waals surface area contributed by atoms with E-state index in [1.807, 2.05) is 6.20 Å². The summed E-state index contributed by atoms with van der Waals surface area (Å²) in [6.45, 7) is 4.12. The van der Waals surface area contributed by atoms with E-state index in [-0.39, 0.29) is 0 Å². The van der Waals surface area contributed by atoms with Crippen LogP contribution in [0.3, 0.4) is 0 Å². The molecule has 0 aliphatic carbocycles. The van der Waals surface area contributed by atoms with Crippen LogP contribution in [0.4, 0.5) is 0 Å². The summed E-state index contributed by atoms with van der Waals surface area (Å²) >= 11 is 8.14. The van der Waals surface area contributed by atoms with Gasteiger partial charge in [-0.2, -0.15) is 5.10 Å². The number of nitrogens with zero attached hydrogens (tertiary/aromatic N) is 4. The second-order valence-electron chi connectivity index (χ2n) is 3.95. The third-order valence-electron chi connectivity index (χ3n) is 2.31. The van der Waals surface area contributed by atoms with E-state index >= 15 is 0 Å². The molecule has 0 amide bonds. The van der Waals surface area contributed by atoms with Crippen LogP contribution in [0.2, 0.25) is 0 Å².